The van der Waals surface area contributed by atoms with Crippen molar-refractivity contribution in [1.29, 1.82) is 0 Å². The van der Waals surface area contributed by atoms with Gasteiger partial charge in [-0.1, -0.05) is 109 Å². The topological polar surface area (TPSA) is 29.1 Å². The van der Waals surface area contributed by atoms with Gasteiger partial charge in [-0.2, -0.15) is 0 Å². The Bertz CT molecular complexity index is 1300. The number of rotatable bonds is 5. The molecular weight excluding hydrogens is 402 g/mol. The molecule has 0 saturated heterocycles. The Kier molecular flexibility index (Phi) is 5.81. The van der Waals surface area contributed by atoms with E-state index in [0.717, 1.165) is 39.1 Å². The molecule has 5 aromatic rings. The lowest BCUT2D eigenvalue weighted by Gasteiger charge is -2.19. The van der Waals surface area contributed by atoms with E-state index in [1.807, 2.05) is 84.9 Å². The van der Waals surface area contributed by atoms with Gasteiger partial charge in [-0.05, 0) is 46.5 Å². The van der Waals surface area contributed by atoms with Gasteiger partial charge in [0.25, 0.3) is 5.91 Å². The lowest BCUT2D eigenvalue weighted by Crippen LogP contribution is -2.13. The highest BCUT2D eigenvalue weighted by Crippen LogP contribution is 2.41. The van der Waals surface area contributed by atoms with Gasteiger partial charge in [0.05, 0.1) is 5.69 Å². The number of carbonyl (C=O) groups excluding carboxylic acids is 1. The fraction of sp³-hybridized carbons (Fsp3) is 0. The molecule has 0 bridgehead atoms. The summed E-state index contributed by atoms with van der Waals surface area (Å²) in [7, 11) is 0. The van der Waals surface area contributed by atoms with E-state index in [9.17, 15) is 4.79 Å². The summed E-state index contributed by atoms with van der Waals surface area (Å²) in [5.41, 5.74) is 7.74. The normalized spacial score (nSPS) is 10.5. The summed E-state index contributed by atoms with van der Waals surface area (Å²) in [6.45, 7) is 0. The van der Waals surface area contributed by atoms with Crippen LogP contribution < -0.4 is 5.32 Å². The molecule has 1 amide bonds. The Hall–Kier alpha value is -4.43. The first-order chi connectivity index (χ1) is 16.3. The quantitative estimate of drug-likeness (QED) is 0.304. The Balaban J connectivity index is 1.75. The van der Waals surface area contributed by atoms with E-state index in [0.29, 0.717) is 5.56 Å². The second-order valence-electron chi connectivity index (χ2n) is 7.86. The van der Waals surface area contributed by atoms with Crippen LogP contribution in [0.2, 0.25) is 0 Å². The molecule has 0 heterocycles. The van der Waals surface area contributed by atoms with Gasteiger partial charge in [0, 0.05) is 16.7 Å². The third-order valence-electron chi connectivity index (χ3n) is 5.69. The maximum absolute atomic E-state index is 13.2. The first-order valence-electron chi connectivity index (χ1n) is 11.0. The van der Waals surface area contributed by atoms with Gasteiger partial charge < -0.3 is 5.32 Å². The van der Waals surface area contributed by atoms with Crippen molar-refractivity contribution in [3.63, 3.8) is 0 Å². The highest BCUT2D eigenvalue weighted by molar-refractivity contribution is 6.10. The van der Waals surface area contributed by atoms with Gasteiger partial charge in [0.15, 0.2) is 0 Å². The van der Waals surface area contributed by atoms with Gasteiger partial charge in [-0.15, -0.1) is 0 Å². The average Bonchev–Trinajstić information content (AvgIpc) is 2.90. The highest BCUT2D eigenvalue weighted by Gasteiger charge is 2.18. The zero-order valence-electron chi connectivity index (χ0n) is 18.1. The van der Waals surface area contributed by atoms with Crippen LogP contribution in [0.4, 0.5) is 5.69 Å². The maximum atomic E-state index is 13.2. The number of anilines is 1. The highest BCUT2D eigenvalue weighted by atomic mass is 16.1. The summed E-state index contributed by atoms with van der Waals surface area (Å²) in [5, 5.41) is 3.23. The average molecular weight is 426 g/mol. The van der Waals surface area contributed by atoms with E-state index in [1.165, 1.54) is 0 Å². The van der Waals surface area contributed by atoms with E-state index in [4.69, 9.17) is 0 Å². The zero-order chi connectivity index (χ0) is 22.5. The van der Waals surface area contributed by atoms with Crippen molar-refractivity contribution in [3.05, 3.63) is 139 Å². The lowest BCUT2D eigenvalue weighted by atomic mass is 9.91. The minimum atomic E-state index is -0.127. The minimum absolute atomic E-state index is 0.127. The first-order valence-corrected chi connectivity index (χ1v) is 11.0. The Morgan fingerprint density at radius 1 is 0.455 bits per heavy atom. The van der Waals surface area contributed by atoms with E-state index in [1.54, 1.807) is 0 Å². The van der Waals surface area contributed by atoms with Crippen LogP contribution in [0.25, 0.3) is 33.4 Å². The van der Waals surface area contributed by atoms with Crippen molar-refractivity contribution in [2.24, 2.45) is 0 Å². The van der Waals surface area contributed by atoms with Crippen LogP contribution in [0.1, 0.15) is 10.4 Å². The second kappa shape index (κ2) is 9.37. The Morgan fingerprint density at radius 2 is 0.848 bits per heavy atom. The number of benzene rings is 5. The van der Waals surface area contributed by atoms with Crippen LogP contribution in [-0.4, -0.2) is 5.91 Å². The standard InChI is InChI=1S/C31H23NO/c33-31(26-19-11-4-12-20-26)32-30-28(24-15-7-2-8-16-24)21-27(23-13-5-1-6-14-23)22-29(30)25-17-9-3-10-18-25/h1-22H,(H,32,33). The van der Waals surface area contributed by atoms with Crippen LogP contribution in [-0.2, 0) is 0 Å². The van der Waals surface area contributed by atoms with E-state index < -0.39 is 0 Å². The van der Waals surface area contributed by atoms with Gasteiger partial charge in [-0.25, -0.2) is 0 Å². The van der Waals surface area contributed by atoms with Gasteiger partial charge in [-0.3, -0.25) is 4.79 Å². The van der Waals surface area contributed by atoms with Crippen molar-refractivity contribution in [3.8, 4) is 33.4 Å². The summed E-state index contributed by atoms with van der Waals surface area (Å²) < 4.78 is 0. The molecule has 2 nitrogen and oxygen atoms in total. The number of carbonyl (C=O) groups is 1. The Morgan fingerprint density at radius 3 is 1.30 bits per heavy atom. The smallest absolute Gasteiger partial charge is 0.255 e. The summed E-state index contributed by atoms with van der Waals surface area (Å²) in [5.74, 6) is -0.127. The summed E-state index contributed by atoms with van der Waals surface area (Å²) in [4.78, 5) is 13.2. The van der Waals surface area contributed by atoms with Crippen molar-refractivity contribution in [2.45, 2.75) is 0 Å². The molecule has 158 valence electrons. The number of hydrogen-bond acceptors (Lipinski definition) is 1. The van der Waals surface area contributed by atoms with E-state index >= 15 is 0 Å². The fourth-order valence-corrected chi connectivity index (χ4v) is 4.04. The van der Waals surface area contributed by atoms with Crippen molar-refractivity contribution >= 4 is 11.6 Å². The molecule has 0 fully saturated rings. The molecule has 0 aliphatic carbocycles. The van der Waals surface area contributed by atoms with Gasteiger partial charge in [0.1, 0.15) is 0 Å². The minimum Gasteiger partial charge on any atom is -0.321 e. The van der Waals surface area contributed by atoms with Crippen LogP contribution in [0.3, 0.4) is 0 Å². The summed E-state index contributed by atoms with van der Waals surface area (Å²) in [6.07, 6.45) is 0. The van der Waals surface area contributed by atoms with Crippen molar-refractivity contribution in [1.82, 2.24) is 0 Å². The molecule has 5 aromatic carbocycles. The summed E-state index contributed by atoms with van der Waals surface area (Å²) >= 11 is 0. The third kappa shape index (κ3) is 4.46. The molecule has 33 heavy (non-hydrogen) atoms. The Labute approximate surface area is 194 Å². The molecule has 0 aromatic heterocycles. The van der Waals surface area contributed by atoms with Crippen molar-refractivity contribution in [2.75, 3.05) is 5.32 Å². The molecule has 0 atom stereocenters. The van der Waals surface area contributed by atoms with Crippen LogP contribution in [0.15, 0.2) is 133 Å². The predicted molar refractivity (Wildman–Crippen MR) is 137 cm³/mol. The molecule has 0 aliphatic heterocycles. The number of amides is 1. The van der Waals surface area contributed by atoms with Crippen LogP contribution in [0.5, 0.6) is 0 Å². The molecule has 1 N–H and O–H groups in total. The fourth-order valence-electron chi connectivity index (χ4n) is 4.04. The first kappa shape index (κ1) is 20.5. The molecule has 5 rings (SSSR count). The lowest BCUT2D eigenvalue weighted by molar-refractivity contribution is 0.102. The van der Waals surface area contributed by atoms with Crippen LogP contribution in [0, 0.1) is 0 Å². The SMILES string of the molecule is O=C(Nc1c(-c2ccccc2)cc(-c2ccccc2)cc1-c1ccccc1)c1ccccc1. The van der Waals surface area contributed by atoms with Gasteiger partial charge in [0.2, 0.25) is 0 Å². The van der Waals surface area contributed by atoms with Crippen molar-refractivity contribution < 1.29 is 4.79 Å². The third-order valence-corrected chi connectivity index (χ3v) is 5.69. The van der Waals surface area contributed by atoms with Crippen LogP contribution >= 0.6 is 0 Å². The monoisotopic (exact) mass is 425 g/mol. The molecule has 0 radical (unpaired) electrons. The molecule has 0 aliphatic rings. The zero-order valence-corrected chi connectivity index (χ0v) is 18.1. The number of hydrogen-bond donors (Lipinski definition) is 1. The number of nitrogens with one attached hydrogen (secondary N) is 1. The molecule has 0 unspecified atom stereocenters. The predicted octanol–water partition coefficient (Wildman–Crippen LogP) is 7.94. The van der Waals surface area contributed by atoms with E-state index in [-0.39, 0.29) is 5.91 Å². The molecule has 2 heteroatoms. The summed E-state index contributed by atoms with van der Waals surface area (Å²) in [6, 6.07) is 44.4. The van der Waals surface area contributed by atoms with E-state index in [2.05, 4.69) is 53.8 Å². The molecular formula is C31H23NO. The van der Waals surface area contributed by atoms with Gasteiger partial charge >= 0.3 is 0 Å². The molecule has 0 spiro atoms. The largest absolute Gasteiger partial charge is 0.321 e. The maximum Gasteiger partial charge on any atom is 0.255 e. The molecule has 0 saturated carbocycles. The second-order valence-corrected chi connectivity index (χ2v) is 7.86.